The average molecular weight is 236 g/mol. The number of phenols is 1. The van der Waals surface area contributed by atoms with Crippen LogP contribution in [0.1, 0.15) is 29.8 Å². The zero-order valence-electron chi connectivity index (χ0n) is 10.5. The van der Waals surface area contributed by atoms with Crippen molar-refractivity contribution in [3.63, 3.8) is 0 Å². The van der Waals surface area contributed by atoms with E-state index in [0.717, 1.165) is 5.56 Å². The molecule has 1 aromatic carbocycles. The van der Waals surface area contributed by atoms with Gasteiger partial charge in [-0.05, 0) is 25.0 Å². The van der Waals surface area contributed by atoms with Gasteiger partial charge in [0, 0.05) is 12.6 Å². The molecule has 0 heterocycles. The van der Waals surface area contributed by atoms with Gasteiger partial charge in [0.05, 0.1) is 5.56 Å². The molecule has 0 aromatic heterocycles. The first-order valence-electron chi connectivity index (χ1n) is 5.76. The van der Waals surface area contributed by atoms with Crippen molar-refractivity contribution in [2.75, 3.05) is 6.54 Å². The fourth-order valence-electron chi connectivity index (χ4n) is 1.58. The summed E-state index contributed by atoms with van der Waals surface area (Å²) < 4.78 is 0. The Labute approximate surface area is 102 Å². The zero-order valence-corrected chi connectivity index (χ0v) is 10.5. The maximum absolute atomic E-state index is 12.0. The molecule has 4 heteroatoms. The summed E-state index contributed by atoms with van der Waals surface area (Å²) >= 11 is 0. The normalized spacial score (nSPS) is 12.5. The third-order valence-electron chi connectivity index (χ3n) is 2.77. The van der Waals surface area contributed by atoms with Crippen LogP contribution in [0.3, 0.4) is 0 Å². The number of carbonyl (C=O) groups is 1. The fourth-order valence-corrected chi connectivity index (χ4v) is 1.58. The van der Waals surface area contributed by atoms with E-state index < -0.39 is 0 Å². The van der Waals surface area contributed by atoms with Gasteiger partial charge in [0.15, 0.2) is 0 Å². The molecule has 1 amide bonds. The van der Waals surface area contributed by atoms with E-state index in [-0.39, 0.29) is 23.6 Å². The van der Waals surface area contributed by atoms with Crippen LogP contribution in [0, 0.1) is 12.8 Å². The lowest BCUT2D eigenvalue weighted by atomic mass is 10.0. The molecule has 0 aliphatic carbocycles. The molecule has 0 radical (unpaired) electrons. The van der Waals surface area contributed by atoms with Gasteiger partial charge in [0.2, 0.25) is 0 Å². The van der Waals surface area contributed by atoms with Gasteiger partial charge in [-0.15, -0.1) is 0 Å². The van der Waals surface area contributed by atoms with Crippen molar-refractivity contribution in [2.45, 2.75) is 26.8 Å². The minimum absolute atomic E-state index is 0.00683. The van der Waals surface area contributed by atoms with Crippen LogP contribution >= 0.6 is 0 Å². The van der Waals surface area contributed by atoms with Crippen LogP contribution in [0.4, 0.5) is 0 Å². The number of carbonyl (C=O) groups excluding carboxylic acids is 1. The molecular weight excluding hydrogens is 216 g/mol. The molecule has 0 aliphatic heterocycles. The van der Waals surface area contributed by atoms with Crippen molar-refractivity contribution in [1.82, 2.24) is 5.32 Å². The molecule has 1 rings (SSSR count). The predicted octanol–water partition coefficient (Wildman–Crippen LogP) is 1.41. The van der Waals surface area contributed by atoms with Gasteiger partial charge >= 0.3 is 0 Å². The Morgan fingerprint density at radius 1 is 1.47 bits per heavy atom. The second-order valence-electron chi connectivity index (χ2n) is 4.58. The molecule has 0 fully saturated rings. The first-order chi connectivity index (χ1) is 7.95. The van der Waals surface area contributed by atoms with Crippen LogP contribution < -0.4 is 11.1 Å². The van der Waals surface area contributed by atoms with E-state index in [2.05, 4.69) is 5.32 Å². The largest absolute Gasteiger partial charge is 0.507 e. The molecule has 0 aliphatic rings. The van der Waals surface area contributed by atoms with Gasteiger partial charge in [-0.3, -0.25) is 4.79 Å². The number of nitrogens with two attached hydrogens (primary N) is 1. The van der Waals surface area contributed by atoms with Gasteiger partial charge in [-0.25, -0.2) is 0 Å². The number of hydrogen-bond donors (Lipinski definition) is 3. The minimum atomic E-state index is -0.282. The number of amides is 1. The van der Waals surface area contributed by atoms with E-state index in [0.29, 0.717) is 12.1 Å². The second kappa shape index (κ2) is 5.68. The first kappa shape index (κ1) is 13.5. The Morgan fingerprint density at radius 2 is 2.12 bits per heavy atom. The molecule has 0 bridgehead atoms. The topological polar surface area (TPSA) is 75.3 Å². The third-order valence-corrected chi connectivity index (χ3v) is 2.77. The number of aryl methyl sites for hydroxylation is 1. The molecule has 0 spiro atoms. The van der Waals surface area contributed by atoms with Gasteiger partial charge in [-0.2, -0.15) is 0 Å². The molecule has 4 nitrogen and oxygen atoms in total. The Hall–Kier alpha value is -1.55. The SMILES string of the molecule is Cc1ccc(O)c(C(=O)NC(CN)C(C)C)c1. The van der Waals surface area contributed by atoms with Crippen LogP contribution in [0.2, 0.25) is 0 Å². The predicted molar refractivity (Wildman–Crippen MR) is 68.0 cm³/mol. The summed E-state index contributed by atoms with van der Waals surface area (Å²) in [4.78, 5) is 12.0. The summed E-state index contributed by atoms with van der Waals surface area (Å²) in [5, 5.41) is 12.5. The van der Waals surface area contributed by atoms with Crippen LogP contribution in [0.25, 0.3) is 0 Å². The fraction of sp³-hybridized carbons (Fsp3) is 0.462. The molecule has 1 aromatic rings. The molecule has 0 saturated carbocycles. The summed E-state index contributed by atoms with van der Waals surface area (Å²) in [6, 6.07) is 4.87. The second-order valence-corrected chi connectivity index (χ2v) is 4.58. The number of aromatic hydroxyl groups is 1. The van der Waals surface area contributed by atoms with Crippen LogP contribution in [0.5, 0.6) is 5.75 Å². The van der Waals surface area contributed by atoms with Gasteiger partial charge < -0.3 is 16.2 Å². The lowest BCUT2D eigenvalue weighted by Gasteiger charge is -2.20. The highest BCUT2D eigenvalue weighted by Crippen LogP contribution is 2.18. The number of benzene rings is 1. The van der Waals surface area contributed by atoms with Crippen molar-refractivity contribution < 1.29 is 9.90 Å². The molecule has 4 N–H and O–H groups in total. The lowest BCUT2D eigenvalue weighted by molar-refractivity contribution is 0.0925. The van der Waals surface area contributed by atoms with Crippen LogP contribution in [-0.2, 0) is 0 Å². The number of hydrogen-bond acceptors (Lipinski definition) is 3. The highest BCUT2D eigenvalue weighted by Gasteiger charge is 2.17. The summed E-state index contributed by atoms with van der Waals surface area (Å²) in [7, 11) is 0. The summed E-state index contributed by atoms with van der Waals surface area (Å²) in [5.41, 5.74) is 6.82. The van der Waals surface area contributed by atoms with Crippen molar-refractivity contribution >= 4 is 5.91 Å². The molecule has 1 atom stereocenters. The zero-order chi connectivity index (χ0) is 13.0. The van der Waals surface area contributed by atoms with Gasteiger partial charge in [0.25, 0.3) is 5.91 Å². The maximum atomic E-state index is 12.0. The van der Waals surface area contributed by atoms with Gasteiger partial charge in [-0.1, -0.05) is 25.5 Å². The third kappa shape index (κ3) is 3.46. The standard InChI is InChI=1S/C13H20N2O2/c1-8(2)11(7-14)15-13(17)10-6-9(3)4-5-12(10)16/h4-6,8,11,16H,7,14H2,1-3H3,(H,15,17). The number of nitrogens with one attached hydrogen (secondary N) is 1. The van der Waals surface area contributed by atoms with Crippen molar-refractivity contribution in [3.8, 4) is 5.75 Å². The lowest BCUT2D eigenvalue weighted by Crippen LogP contribution is -2.43. The van der Waals surface area contributed by atoms with E-state index in [1.165, 1.54) is 6.07 Å². The van der Waals surface area contributed by atoms with E-state index in [1.54, 1.807) is 12.1 Å². The van der Waals surface area contributed by atoms with E-state index in [9.17, 15) is 9.90 Å². The Balaban J connectivity index is 2.86. The average Bonchev–Trinajstić information content (AvgIpc) is 2.28. The molecular formula is C13H20N2O2. The maximum Gasteiger partial charge on any atom is 0.255 e. The highest BCUT2D eigenvalue weighted by molar-refractivity contribution is 5.97. The van der Waals surface area contributed by atoms with E-state index >= 15 is 0 Å². The summed E-state index contributed by atoms with van der Waals surface area (Å²) in [6.45, 7) is 6.25. The van der Waals surface area contributed by atoms with Crippen molar-refractivity contribution in [2.24, 2.45) is 11.7 Å². The summed E-state index contributed by atoms with van der Waals surface area (Å²) in [6.07, 6.45) is 0. The summed E-state index contributed by atoms with van der Waals surface area (Å²) in [5.74, 6) is -0.0288. The molecule has 94 valence electrons. The molecule has 17 heavy (non-hydrogen) atoms. The smallest absolute Gasteiger partial charge is 0.255 e. The number of phenolic OH excluding ortho intramolecular Hbond substituents is 1. The van der Waals surface area contributed by atoms with Crippen LogP contribution in [0.15, 0.2) is 18.2 Å². The Morgan fingerprint density at radius 3 is 2.65 bits per heavy atom. The highest BCUT2D eigenvalue weighted by atomic mass is 16.3. The first-order valence-corrected chi connectivity index (χ1v) is 5.76. The van der Waals surface area contributed by atoms with E-state index in [4.69, 9.17) is 5.73 Å². The van der Waals surface area contributed by atoms with Gasteiger partial charge in [0.1, 0.15) is 5.75 Å². The minimum Gasteiger partial charge on any atom is -0.507 e. The van der Waals surface area contributed by atoms with Crippen LogP contribution in [-0.4, -0.2) is 23.6 Å². The van der Waals surface area contributed by atoms with E-state index in [1.807, 2.05) is 20.8 Å². The quantitative estimate of drug-likeness (QED) is 0.740. The van der Waals surface area contributed by atoms with Crippen molar-refractivity contribution in [3.05, 3.63) is 29.3 Å². The van der Waals surface area contributed by atoms with Crippen molar-refractivity contribution in [1.29, 1.82) is 0 Å². The number of rotatable bonds is 4. The molecule has 0 saturated heterocycles. The molecule has 1 unspecified atom stereocenters. The Bertz CT molecular complexity index is 402. The Kier molecular flexibility index (Phi) is 4.52. The monoisotopic (exact) mass is 236 g/mol.